The minimum Gasteiger partial charge on any atom is -0.489 e. The number of carboxylic acids is 1. The van der Waals surface area contributed by atoms with Crippen molar-refractivity contribution in [2.75, 3.05) is 13.2 Å². The average molecular weight is 293 g/mol. The maximum atomic E-state index is 11.3. The number of hydrogen-bond donors (Lipinski definition) is 1. The third-order valence-corrected chi connectivity index (χ3v) is 2.81. The van der Waals surface area contributed by atoms with E-state index in [0.717, 1.165) is 0 Å². The van der Waals surface area contributed by atoms with Crippen LogP contribution in [-0.4, -0.2) is 44.7 Å². The lowest BCUT2D eigenvalue weighted by molar-refractivity contribution is -0.0162. The van der Waals surface area contributed by atoms with Crippen LogP contribution < -0.4 is 4.74 Å². The molecular formula is C14H19N3O4. The third-order valence-electron chi connectivity index (χ3n) is 2.81. The lowest BCUT2D eigenvalue weighted by atomic mass is 10.2. The Hall–Kier alpha value is -2.15. The van der Waals surface area contributed by atoms with E-state index in [0.29, 0.717) is 17.6 Å². The van der Waals surface area contributed by atoms with Crippen LogP contribution >= 0.6 is 0 Å². The summed E-state index contributed by atoms with van der Waals surface area (Å²) < 4.78 is 12.8. The first-order chi connectivity index (χ1) is 9.79. The van der Waals surface area contributed by atoms with Crippen LogP contribution in [-0.2, 0) is 11.8 Å². The molecule has 21 heavy (non-hydrogen) atoms. The van der Waals surface area contributed by atoms with E-state index < -0.39 is 5.97 Å². The maximum Gasteiger partial charge on any atom is 0.341 e. The van der Waals surface area contributed by atoms with E-state index in [1.807, 2.05) is 20.8 Å². The van der Waals surface area contributed by atoms with E-state index in [-0.39, 0.29) is 23.5 Å². The lowest BCUT2D eigenvalue weighted by Gasteiger charge is -2.19. The Morgan fingerprint density at radius 1 is 1.33 bits per heavy atom. The van der Waals surface area contributed by atoms with Crippen molar-refractivity contribution in [2.24, 2.45) is 7.05 Å². The number of aromatic nitrogens is 3. The highest BCUT2D eigenvalue weighted by molar-refractivity contribution is 5.97. The van der Waals surface area contributed by atoms with E-state index in [4.69, 9.17) is 9.47 Å². The molecule has 0 aromatic carbocycles. The number of aromatic carboxylic acids is 1. The molecule has 7 nitrogen and oxygen atoms in total. The van der Waals surface area contributed by atoms with Gasteiger partial charge in [0.2, 0.25) is 0 Å². The number of aryl methyl sites for hydroxylation is 1. The molecule has 0 atom stereocenters. The molecule has 2 heterocycles. The van der Waals surface area contributed by atoms with Crippen LogP contribution in [0.1, 0.15) is 31.1 Å². The third kappa shape index (κ3) is 3.49. The van der Waals surface area contributed by atoms with Gasteiger partial charge in [-0.25, -0.2) is 9.78 Å². The summed E-state index contributed by atoms with van der Waals surface area (Å²) >= 11 is 0. The van der Waals surface area contributed by atoms with E-state index >= 15 is 0 Å². The van der Waals surface area contributed by atoms with Gasteiger partial charge in [-0.1, -0.05) is 0 Å². The second kappa shape index (κ2) is 5.69. The van der Waals surface area contributed by atoms with Gasteiger partial charge in [0.05, 0.1) is 23.8 Å². The number of carboxylic acid groups (broad SMARTS) is 1. The zero-order chi connectivity index (χ0) is 15.6. The van der Waals surface area contributed by atoms with E-state index in [9.17, 15) is 9.90 Å². The number of hydrogen-bond acceptors (Lipinski definition) is 5. The Morgan fingerprint density at radius 2 is 2.05 bits per heavy atom. The van der Waals surface area contributed by atoms with Crippen LogP contribution in [0.3, 0.4) is 0 Å². The first-order valence-corrected chi connectivity index (χ1v) is 6.60. The van der Waals surface area contributed by atoms with Crippen molar-refractivity contribution >= 4 is 17.0 Å². The first kappa shape index (κ1) is 15.2. The van der Waals surface area contributed by atoms with Crippen LogP contribution in [0.4, 0.5) is 0 Å². The molecule has 0 spiro atoms. The summed E-state index contributed by atoms with van der Waals surface area (Å²) in [7, 11) is 1.74. The van der Waals surface area contributed by atoms with Gasteiger partial charge >= 0.3 is 5.97 Å². The van der Waals surface area contributed by atoms with Crippen LogP contribution in [0, 0.1) is 0 Å². The molecule has 0 saturated carbocycles. The Labute approximate surface area is 122 Å². The highest BCUT2D eigenvalue weighted by atomic mass is 16.5. The monoisotopic (exact) mass is 293 g/mol. The van der Waals surface area contributed by atoms with Crippen LogP contribution in [0.2, 0.25) is 0 Å². The molecule has 7 heteroatoms. The van der Waals surface area contributed by atoms with E-state index in [2.05, 4.69) is 10.1 Å². The van der Waals surface area contributed by atoms with Crippen molar-refractivity contribution in [1.82, 2.24) is 14.8 Å². The number of nitrogens with zero attached hydrogens (tertiary/aromatic N) is 3. The summed E-state index contributed by atoms with van der Waals surface area (Å²) in [6.45, 7) is 6.46. The van der Waals surface area contributed by atoms with Crippen molar-refractivity contribution in [3.8, 4) is 5.75 Å². The van der Waals surface area contributed by atoms with Gasteiger partial charge in [0.15, 0.2) is 5.65 Å². The van der Waals surface area contributed by atoms with E-state index in [1.54, 1.807) is 17.9 Å². The Kier molecular flexibility index (Phi) is 4.13. The van der Waals surface area contributed by atoms with Gasteiger partial charge in [-0.15, -0.1) is 0 Å². The first-order valence-electron chi connectivity index (χ1n) is 6.60. The van der Waals surface area contributed by atoms with Crippen LogP contribution in [0.15, 0.2) is 12.4 Å². The minimum atomic E-state index is -1.08. The number of pyridine rings is 1. The normalized spacial score (nSPS) is 11.8. The molecule has 0 saturated heterocycles. The topological polar surface area (TPSA) is 86.5 Å². The van der Waals surface area contributed by atoms with Crippen molar-refractivity contribution in [2.45, 2.75) is 26.4 Å². The highest BCUT2D eigenvalue weighted by Gasteiger charge is 2.18. The van der Waals surface area contributed by atoms with Gasteiger partial charge in [0.25, 0.3) is 0 Å². The fourth-order valence-electron chi connectivity index (χ4n) is 1.87. The molecule has 2 aromatic heterocycles. The molecule has 0 aliphatic heterocycles. The predicted octanol–water partition coefficient (Wildman–Crippen LogP) is 1.86. The number of rotatable bonds is 5. The van der Waals surface area contributed by atoms with Crippen molar-refractivity contribution < 1.29 is 19.4 Å². The molecule has 0 amide bonds. The largest absolute Gasteiger partial charge is 0.489 e. The number of ether oxygens (including phenoxy) is 2. The number of fused-ring (bicyclic) bond motifs is 1. The van der Waals surface area contributed by atoms with Crippen molar-refractivity contribution in [1.29, 1.82) is 0 Å². The van der Waals surface area contributed by atoms with Crippen molar-refractivity contribution in [3.63, 3.8) is 0 Å². The molecule has 0 fully saturated rings. The smallest absolute Gasteiger partial charge is 0.341 e. The summed E-state index contributed by atoms with van der Waals surface area (Å²) in [5, 5.41) is 13.9. The summed E-state index contributed by atoms with van der Waals surface area (Å²) in [5.41, 5.74) is 0.332. The molecule has 2 rings (SSSR count). The Bertz CT molecular complexity index is 658. The summed E-state index contributed by atoms with van der Waals surface area (Å²) in [4.78, 5) is 15.4. The summed E-state index contributed by atoms with van der Waals surface area (Å²) in [6.07, 6.45) is 2.83. The van der Waals surface area contributed by atoms with E-state index in [1.165, 1.54) is 6.20 Å². The van der Waals surface area contributed by atoms with Crippen LogP contribution in [0.5, 0.6) is 5.75 Å². The Morgan fingerprint density at radius 3 is 2.67 bits per heavy atom. The molecule has 1 N–H and O–H groups in total. The molecule has 114 valence electrons. The van der Waals surface area contributed by atoms with Gasteiger partial charge < -0.3 is 14.6 Å². The molecule has 0 unspecified atom stereocenters. The van der Waals surface area contributed by atoms with Gasteiger partial charge in [-0.05, 0) is 20.8 Å². The standard InChI is InChI=1S/C14H19N3O4/c1-14(2,3)21-6-5-20-11-9-8-16-17(4)12(9)15-7-10(11)13(18)19/h7-8H,5-6H2,1-4H3,(H,18,19). The van der Waals surface area contributed by atoms with Gasteiger partial charge in [-0.2, -0.15) is 5.10 Å². The van der Waals surface area contributed by atoms with Crippen LogP contribution in [0.25, 0.3) is 11.0 Å². The minimum absolute atomic E-state index is 0.0197. The summed E-state index contributed by atoms with van der Waals surface area (Å²) in [5.74, 6) is -0.807. The zero-order valence-electron chi connectivity index (χ0n) is 12.6. The van der Waals surface area contributed by atoms with Crippen molar-refractivity contribution in [3.05, 3.63) is 18.0 Å². The Balaban J connectivity index is 2.23. The fourth-order valence-corrected chi connectivity index (χ4v) is 1.87. The molecule has 0 aliphatic rings. The summed E-state index contributed by atoms with van der Waals surface area (Å²) in [6, 6.07) is 0. The highest BCUT2D eigenvalue weighted by Crippen LogP contribution is 2.28. The predicted molar refractivity (Wildman–Crippen MR) is 76.7 cm³/mol. The lowest BCUT2D eigenvalue weighted by Crippen LogP contribution is -2.22. The molecular weight excluding hydrogens is 274 g/mol. The molecule has 0 radical (unpaired) electrons. The fraction of sp³-hybridized carbons (Fsp3) is 0.500. The zero-order valence-corrected chi connectivity index (χ0v) is 12.6. The molecule has 0 aliphatic carbocycles. The average Bonchev–Trinajstić information content (AvgIpc) is 2.75. The second-order valence-corrected chi connectivity index (χ2v) is 5.62. The van der Waals surface area contributed by atoms with Gasteiger partial charge in [-0.3, -0.25) is 4.68 Å². The van der Waals surface area contributed by atoms with Gasteiger partial charge in [0, 0.05) is 13.2 Å². The molecule has 0 bridgehead atoms. The maximum absolute atomic E-state index is 11.3. The van der Waals surface area contributed by atoms with Gasteiger partial charge in [0.1, 0.15) is 17.9 Å². The number of carbonyl (C=O) groups is 1. The quantitative estimate of drug-likeness (QED) is 0.847. The molecule has 2 aromatic rings. The second-order valence-electron chi connectivity index (χ2n) is 5.62. The SMILES string of the molecule is Cn1ncc2c(OCCOC(C)(C)C)c(C(=O)O)cnc21.